The summed E-state index contributed by atoms with van der Waals surface area (Å²) < 4.78 is 10.2. The largest absolute Gasteiger partial charge is 0.460 e. The number of carbonyl (C=O) groups excluding carboxylic acids is 2. The Bertz CT molecular complexity index is 511. The number of thioether (sulfide) groups is 3. The Balaban J connectivity index is 5.43. The van der Waals surface area contributed by atoms with Gasteiger partial charge in [-0.3, -0.25) is 0 Å². The zero-order valence-corrected chi connectivity index (χ0v) is 20.3. The number of rotatable bonds is 12. The van der Waals surface area contributed by atoms with Crippen molar-refractivity contribution < 1.29 is 19.1 Å². The molecule has 0 aliphatic carbocycles. The lowest BCUT2D eigenvalue weighted by Gasteiger charge is -2.39. The van der Waals surface area contributed by atoms with Gasteiger partial charge in [-0.05, 0) is 27.7 Å². The molecule has 0 aliphatic rings. The van der Waals surface area contributed by atoms with E-state index in [0.29, 0.717) is 21.6 Å². The van der Waals surface area contributed by atoms with Crippen LogP contribution in [0.4, 0.5) is 0 Å². The van der Waals surface area contributed by atoms with Gasteiger partial charge < -0.3 is 9.47 Å². The van der Waals surface area contributed by atoms with Gasteiger partial charge in [0.25, 0.3) is 0 Å². The van der Waals surface area contributed by atoms with Gasteiger partial charge in [-0.15, -0.1) is 35.3 Å². The summed E-state index contributed by atoms with van der Waals surface area (Å²) in [5, 5.41) is 0.689. The SMILES string of the molecule is C=C(C)C(=O)OCC(C)(SC(C)C)SC(C)(COC(=O)C(=C)C)SC(C)C. The molecular formula is C20H34O4S3. The van der Waals surface area contributed by atoms with Gasteiger partial charge in [-0.25, -0.2) is 9.59 Å². The second-order valence-corrected chi connectivity index (χ2v) is 14.1. The predicted octanol–water partition coefficient (Wildman–Crippen LogP) is 5.67. The highest BCUT2D eigenvalue weighted by atomic mass is 32.2. The lowest BCUT2D eigenvalue weighted by Crippen LogP contribution is -2.36. The van der Waals surface area contributed by atoms with Crippen LogP contribution >= 0.6 is 35.3 Å². The summed E-state index contributed by atoms with van der Waals surface area (Å²) in [6.07, 6.45) is 0. The van der Waals surface area contributed by atoms with Crippen LogP contribution in [0.5, 0.6) is 0 Å². The average molecular weight is 435 g/mol. The molecule has 0 saturated heterocycles. The molecular weight excluding hydrogens is 400 g/mol. The molecule has 0 saturated carbocycles. The standard InChI is InChI=1S/C20H34O4S3/c1-13(2)17(21)23-11-19(9,25-15(5)6)27-20(10,26-16(7)8)12-24-18(22)14(3)4/h15-16H,1,3,11-12H2,2,4-10H3. The van der Waals surface area contributed by atoms with E-state index in [0.717, 1.165) is 0 Å². The third-order valence-electron chi connectivity index (χ3n) is 3.03. The van der Waals surface area contributed by atoms with E-state index in [-0.39, 0.29) is 13.2 Å². The second-order valence-electron chi connectivity index (χ2n) is 7.42. The molecule has 0 aromatic rings. The smallest absolute Gasteiger partial charge is 0.333 e. The van der Waals surface area contributed by atoms with Crippen LogP contribution in [0, 0.1) is 0 Å². The third kappa shape index (κ3) is 11.2. The number of carbonyl (C=O) groups is 2. The molecule has 4 nitrogen and oxygen atoms in total. The Hall–Kier alpha value is -0.530. The first-order valence-corrected chi connectivity index (χ1v) is 11.5. The Kier molecular flexibility index (Phi) is 11.2. The Morgan fingerprint density at radius 1 is 0.815 bits per heavy atom. The molecule has 0 rings (SSSR count). The molecule has 0 radical (unpaired) electrons. The fraction of sp³-hybridized carbons (Fsp3) is 0.700. The van der Waals surface area contributed by atoms with Crippen LogP contribution in [0.1, 0.15) is 55.4 Å². The summed E-state index contributed by atoms with van der Waals surface area (Å²) in [6, 6.07) is 0. The maximum Gasteiger partial charge on any atom is 0.333 e. The summed E-state index contributed by atoms with van der Waals surface area (Å²) >= 11 is 5.14. The van der Waals surface area contributed by atoms with Gasteiger partial charge in [-0.2, -0.15) is 0 Å². The molecule has 0 bridgehead atoms. The Morgan fingerprint density at radius 2 is 1.11 bits per heavy atom. The zero-order valence-electron chi connectivity index (χ0n) is 17.8. The van der Waals surface area contributed by atoms with Crippen molar-refractivity contribution in [1.82, 2.24) is 0 Å². The Morgan fingerprint density at radius 3 is 1.33 bits per heavy atom. The maximum absolute atomic E-state index is 11.9. The minimum atomic E-state index is -0.397. The molecule has 7 heteroatoms. The summed E-state index contributed by atoms with van der Waals surface area (Å²) in [5.41, 5.74) is 0.762. The molecule has 2 atom stereocenters. The van der Waals surface area contributed by atoms with E-state index in [1.807, 2.05) is 0 Å². The monoisotopic (exact) mass is 434 g/mol. The highest BCUT2D eigenvalue weighted by Crippen LogP contribution is 2.51. The van der Waals surface area contributed by atoms with E-state index in [1.54, 1.807) is 49.1 Å². The van der Waals surface area contributed by atoms with Crippen LogP contribution in [0.2, 0.25) is 0 Å². The normalized spacial score (nSPS) is 15.8. The van der Waals surface area contributed by atoms with Crippen LogP contribution < -0.4 is 0 Å². The van der Waals surface area contributed by atoms with Crippen molar-refractivity contribution >= 4 is 47.2 Å². The topological polar surface area (TPSA) is 52.6 Å². The maximum atomic E-state index is 11.9. The predicted molar refractivity (Wildman–Crippen MR) is 121 cm³/mol. The highest BCUT2D eigenvalue weighted by Gasteiger charge is 2.40. The second kappa shape index (κ2) is 11.5. The van der Waals surface area contributed by atoms with Crippen molar-refractivity contribution in [2.45, 2.75) is 74.0 Å². The van der Waals surface area contributed by atoms with Gasteiger partial charge >= 0.3 is 11.9 Å². The van der Waals surface area contributed by atoms with Crippen molar-refractivity contribution in [3.05, 3.63) is 24.3 Å². The average Bonchev–Trinajstić information content (AvgIpc) is 2.48. The zero-order chi connectivity index (χ0) is 21.4. The lowest BCUT2D eigenvalue weighted by atomic mass is 10.4. The van der Waals surface area contributed by atoms with E-state index in [9.17, 15) is 9.59 Å². The fourth-order valence-electron chi connectivity index (χ4n) is 2.27. The molecule has 0 amide bonds. The summed E-state index contributed by atoms with van der Waals surface area (Å²) in [7, 11) is 0. The molecule has 0 aromatic carbocycles. The van der Waals surface area contributed by atoms with Gasteiger partial charge in [0, 0.05) is 21.6 Å². The van der Waals surface area contributed by atoms with Gasteiger partial charge in [0.2, 0.25) is 0 Å². The quantitative estimate of drug-likeness (QED) is 0.223. The first-order valence-electron chi connectivity index (χ1n) is 8.91. The van der Waals surface area contributed by atoms with Crippen molar-refractivity contribution in [3.63, 3.8) is 0 Å². The minimum Gasteiger partial charge on any atom is -0.460 e. The van der Waals surface area contributed by atoms with Crippen molar-refractivity contribution in [2.24, 2.45) is 0 Å². The molecule has 0 spiro atoms. The lowest BCUT2D eigenvalue weighted by molar-refractivity contribution is -0.139. The van der Waals surface area contributed by atoms with E-state index in [2.05, 4.69) is 54.7 Å². The number of hydrogen-bond donors (Lipinski definition) is 0. The first kappa shape index (κ1) is 26.5. The highest BCUT2D eigenvalue weighted by molar-refractivity contribution is 8.26. The van der Waals surface area contributed by atoms with Crippen LogP contribution in [0.15, 0.2) is 24.3 Å². The van der Waals surface area contributed by atoms with Crippen molar-refractivity contribution in [3.8, 4) is 0 Å². The van der Waals surface area contributed by atoms with E-state index >= 15 is 0 Å². The number of hydrogen-bond acceptors (Lipinski definition) is 7. The van der Waals surface area contributed by atoms with E-state index in [4.69, 9.17) is 9.47 Å². The first-order chi connectivity index (χ1) is 12.2. The van der Waals surface area contributed by atoms with Crippen LogP contribution in [-0.2, 0) is 19.1 Å². The molecule has 156 valence electrons. The molecule has 0 aromatic heterocycles. The number of esters is 2. The molecule has 0 N–H and O–H groups in total. The minimum absolute atomic E-state index is 0.245. The molecule has 27 heavy (non-hydrogen) atoms. The van der Waals surface area contributed by atoms with Crippen LogP contribution in [0.25, 0.3) is 0 Å². The van der Waals surface area contributed by atoms with Gasteiger partial charge in [0.1, 0.15) is 13.2 Å². The van der Waals surface area contributed by atoms with Gasteiger partial charge in [-0.1, -0.05) is 40.9 Å². The number of ether oxygens (including phenoxy) is 2. The van der Waals surface area contributed by atoms with Crippen molar-refractivity contribution in [2.75, 3.05) is 13.2 Å². The van der Waals surface area contributed by atoms with Gasteiger partial charge in [0.05, 0.1) is 8.16 Å². The van der Waals surface area contributed by atoms with Gasteiger partial charge in [0.15, 0.2) is 0 Å². The summed E-state index contributed by atoms with van der Waals surface area (Å²) in [6.45, 7) is 23.6. The van der Waals surface area contributed by atoms with E-state index < -0.39 is 20.1 Å². The fourth-order valence-corrected chi connectivity index (χ4v) is 8.47. The Labute approximate surface area is 177 Å². The summed E-state index contributed by atoms with van der Waals surface area (Å²) in [5.74, 6) is -0.781. The molecule has 0 aliphatic heterocycles. The van der Waals surface area contributed by atoms with Crippen LogP contribution in [-0.4, -0.2) is 43.8 Å². The molecule has 2 unspecified atom stereocenters. The van der Waals surface area contributed by atoms with Crippen molar-refractivity contribution in [1.29, 1.82) is 0 Å². The third-order valence-corrected chi connectivity index (χ3v) is 7.38. The summed E-state index contributed by atoms with van der Waals surface area (Å²) in [4.78, 5) is 23.8. The molecule has 0 heterocycles. The van der Waals surface area contributed by atoms with E-state index in [1.165, 1.54) is 0 Å². The molecule has 0 fully saturated rings. The van der Waals surface area contributed by atoms with Crippen LogP contribution in [0.3, 0.4) is 0 Å².